The molecule has 0 saturated heterocycles. The number of amidine groups is 1. The topological polar surface area (TPSA) is 77.7 Å². The molecule has 1 aliphatic carbocycles. The second kappa shape index (κ2) is 8.86. The summed E-state index contributed by atoms with van der Waals surface area (Å²) in [4.78, 5) is 19.6. The summed E-state index contributed by atoms with van der Waals surface area (Å²) in [5.41, 5.74) is -1.69. The maximum Gasteiger partial charge on any atom is 0.435 e. The molecule has 188 valence electrons. The van der Waals surface area contributed by atoms with Gasteiger partial charge in [-0.2, -0.15) is 18.4 Å². The number of nitrogens with one attached hydrogen (secondary N) is 1. The van der Waals surface area contributed by atoms with Gasteiger partial charge in [0.05, 0.1) is 12.5 Å². The monoisotopic (exact) mass is 536 g/mol. The second-order valence-corrected chi connectivity index (χ2v) is 10.3. The molecule has 1 saturated carbocycles. The molecular formula is C25H21Cl2F3N4O2. The smallest absolute Gasteiger partial charge is 0.372 e. The van der Waals surface area contributed by atoms with E-state index < -0.39 is 23.7 Å². The average Bonchev–Trinajstić information content (AvgIpc) is 3.55. The van der Waals surface area contributed by atoms with Gasteiger partial charge in [0.25, 0.3) is 11.5 Å². The van der Waals surface area contributed by atoms with E-state index in [0.717, 1.165) is 24.0 Å². The molecule has 5 rings (SSSR count). The maximum atomic E-state index is 14.3. The fraction of sp³-hybridized carbons (Fsp3) is 0.400. The van der Waals surface area contributed by atoms with Crippen molar-refractivity contribution in [2.24, 2.45) is 5.16 Å². The molecule has 0 aromatic heterocycles. The summed E-state index contributed by atoms with van der Waals surface area (Å²) in [5, 5.41) is 16.4. The van der Waals surface area contributed by atoms with Gasteiger partial charge in [-0.15, -0.1) is 0 Å². The molecule has 11 heteroatoms. The summed E-state index contributed by atoms with van der Waals surface area (Å²) < 4.78 is 42.9. The number of nitrogens with zero attached hydrogens (tertiary/aromatic N) is 3. The van der Waals surface area contributed by atoms with Gasteiger partial charge in [0.1, 0.15) is 11.4 Å². The number of hydrogen-bond acceptors (Lipinski definition) is 5. The van der Waals surface area contributed by atoms with Crippen LogP contribution in [0.1, 0.15) is 59.2 Å². The highest BCUT2D eigenvalue weighted by Gasteiger charge is 2.63. The van der Waals surface area contributed by atoms with Crippen molar-refractivity contribution in [3.05, 3.63) is 68.7 Å². The molecular weight excluding hydrogens is 516 g/mol. The Balaban J connectivity index is 1.34. The van der Waals surface area contributed by atoms with Crippen LogP contribution in [0.25, 0.3) is 0 Å². The molecule has 2 aromatic rings. The van der Waals surface area contributed by atoms with Crippen molar-refractivity contribution >= 4 is 34.9 Å². The standard InChI is InChI=1S/C25H21Cl2F3N4O2/c26-19-8-18(9-20(27)10-19)24(25(28,29)30)11-21(33-36-24)34-12-16-4-3-15(7-17(16)13-34)22(35)32-23(14-31)5-1-2-6-23/h3-4,7-10H,1-2,5-6,11-13H2,(H,32,35). The van der Waals surface area contributed by atoms with Crippen molar-refractivity contribution in [2.75, 3.05) is 0 Å². The number of nitriles is 1. The predicted octanol–water partition coefficient (Wildman–Crippen LogP) is 6.07. The number of carbonyl (C=O) groups is 1. The molecule has 2 aliphatic heterocycles. The van der Waals surface area contributed by atoms with Gasteiger partial charge in [0, 0.05) is 34.3 Å². The summed E-state index contributed by atoms with van der Waals surface area (Å²) in [6.07, 6.45) is -2.31. The van der Waals surface area contributed by atoms with Crippen molar-refractivity contribution in [3.8, 4) is 6.07 Å². The number of rotatable bonds is 3. The first-order valence-electron chi connectivity index (χ1n) is 11.4. The van der Waals surface area contributed by atoms with Gasteiger partial charge in [0.15, 0.2) is 0 Å². The van der Waals surface area contributed by atoms with E-state index in [2.05, 4.69) is 16.5 Å². The molecule has 1 N–H and O–H groups in total. The largest absolute Gasteiger partial charge is 0.435 e. The molecule has 1 amide bonds. The fourth-order valence-electron chi connectivity index (χ4n) is 5.10. The lowest BCUT2D eigenvalue weighted by molar-refractivity contribution is -0.275. The number of oxime groups is 1. The molecule has 0 bridgehead atoms. The molecule has 1 atom stereocenters. The van der Waals surface area contributed by atoms with Crippen LogP contribution in [-0.4, -0.2) is 28.4 Å². The molecule has 0 spiro atoms. The highest BCUT2D eigenvalue weighted by molar-refractivity contribution is 6.34. The number of alkyl halides is 3. The summed E-state index contributed by atoms with van der Waals surface area (Å²) in [6, 6.07) is 11.1. The van der Waals surface area contributed by atoms with Crippen LogP contribution < -0.4 is 5.32 Å². The lowest BCUT2D eigenvalue weighted by Crippen LogP contribution is -2.45. The van der Waals surface area contributed by atoms with Crippen molar-refractivity contribution in [1.82, 2.24) is 10.2 Å². The van der Waals surface area contributed by atoms with Gasteiger partial charge < -0.3 is 15.1 Å². The molecule has 2 heterocycles. The third-order valence-electron chi connectivity index (χ3n) is 7.08. The highest BCUT2D eigenvalue weighted by Crippen LogP contribution is 2.50. The molecule has 36 heavy (non-hydrogen) atoms. The minimum Gasteiger partial charge on any atom is -0.372 e. The van der Waals surface area contributed by atoms with Gasteiger partial charge in [-0.1, -0.05) is 34.4 Å². The Kier molecular flexibility index (Phi) is 6.08. The number of halogens is 5. The van der Waals surface area contributed by atoms with E-state index in [0.29, 0.717) is 24.9 Å². The molecule has 2 aromatic carbocycles. The lowest BCUT2D eigenvalue weighted by Gasteiger charge is -2.30. The number of fused-ring (bicyclic) bond motifs is 1. The van der Waals surface area contributed by atoms with E-state index in [1.54, 1.807) is 23.1 Å². The van der Waals surface area contributed by atoms with Crippen LogP contribution in [0.4, 0.5) is 13.2 Å². The summed E-state index contributed by atoms with van der Waals surface area (Å²) in [5.74, 6) is -0.199. The van der Waals surface area contributed by atoms with Crippen molar-refractivity contribution < 1.29 is 22.8 Å². The Morgan fingerprint density at radius 1 is 1.08 bits per heavy atom. The van der Waals surface area contributed by atoms with E-state index in [1.807, 2.05) is 0 Å². The van der Waals surface area contributed by atoms with Crippen molar-refractivity contribution in [2.45, 2.75) is 62.5 Å². The highest BCUT2D eigenvalue weighted by atomic mass is 35.5. The Hall–Kier alpha value is -2.96. The van der Waals surface area contributed by atoms with E-state index in [4.69, 9.17) is 28.0 Å². The first-order chi connectivity index (χ1) is 17.0. The van der Waals surface area contributed by atoms with Gasteiger partial charge in [0.2, 0.25) is 0 Å². The molecule has 3 aliphatic rings. The average molecular weight is 537 g/mol. The van der Waals surface area contributed by atoms with E-state index in [-0.39, 0.29) is 33.9 Å². The normalized spacial score (nSPS) is 22.6. The zero-order valence-corrected chi connectivity index (χ0v) is 20.5. The van der Waals surface area contributed by atoms with Crippen LogP contribution >= 0.6 is 23.2 Å². The molecule has 0 radical (unpaired) electrons. The third-order valence-corrected chi connectivity index (χ3v) is 7.52. The Morgan fingerprint density at radius 2 is 1.75 bits per heavy atom. The minimum absolute atomic E-state index is 0.0633. The van der Waals surface area contributed by atoms with Crippen LogP contribution in [0.5, 0.6) is 0 Å². The van der Waals surface area contributed by atoms with Crippen molar-refractivity contribution in [1.29, 1.82) is 5.26 Å². The van der Waals surface area contributed by atoms with Gasteiger partial charge >= 0.3 is 6.18 Å². The van der Waals surface area contributed by atoms with E-state index >= 15 is 0 Å². The van der Waals surface area contributed by atoms with Crippen LogP contribution in [0.2, 0.25) is 10.0 Å². The molecule has 1 fully saturated rings. The fourth-order valence-corrected chi connectivity index (χ4v) is 5.62. The van der Waals surface area contributed by atoms with Crippen molar-refractivity contribution in [3.63, 3.8) is 0 Å². The third kappa shape index (κ3) is 4.27. The Labute approximate surface area is 215 Å². The summed E-state index contributed by atoms with van der Waals surface area (Å²) in [7, 11) is 0. The Bertz CT molecular complexity index is 1280. The van der Waals surface area contributed by atoms with E-state index in [1.165, 1.54) is 18.2 Å². The summed E-state index contributed by atoms with van der Waals surface area (Å²) in [6.45, 7) is 0.595. The Morgan fingerprint density at radius 3 is 2.39 bits per heavy atom. The van der Waals surface area contributed by atoms with Crippen LogP contribution in [0, 0.1) is 11.3 Å². The zero-order valence-electron chi connectivity index (χ0n) is 19.0. The van der Waals surface area contributed by atoms with Crippen LogP contribution in [-0.2, 0) is 23.5 Å². The first kappa shape index (κ1) is 24.7. The van der Waals surface area contributed by atoms with Crippen LogP contribution in [0.3, 0.4) is 0 Å². The van der Waals surface area contributed by atoms with Gasteiger partial charge in [-0.3, -0.25) is 4.79 Å². The minimum atomic E-state index is -4.78. The maximum absolute atomic E-state index is 14.3. The van der Waals surface area contributed by atoms with Gasteiger partial charge in [-0.25, -0.2) is 0 Å². The lowest BCUT2D eigenvalue weighted by atomic mass is 9.89. The quantitative estimate of drug-likeness (QED) is 0.516. The number of amides is 1. The summed E-state index contributed by atoms with van der Waals surface area (Å²) >= 11 is 11.9. The zero-order chi connectivity index (χ0) is 25.7. The predicted molar refractivity (Wildman–Crippen MR) is 127 cm³/mol. The SMILES string of the molecule is N#CC1(NC(=O)c2ccc3c(c2)CN(C2=NOC(c4cc(Cl)cc(Cl)c4)(C(F)(F)F)C2)C3)CCCC1. The van der Waals surface area contributed by atoms with Crippen LogP contribution in [0.15, 0.2) is 41.6 Å². The molecule has 6 nitrogen and oxygen atoms in total. The van der Waals surface area contributed by atoms with E-state index in [9.17, 15) is 23.2 Å². The number of benzene rings is 2. The van der Waals surface area contributed by atoms with Gasteiger partial charge in [-0.05, 0) is 67.1 Å². The first-order valence-corrected chi connectivity index (χ1v) is 12.2. The second-order valence-electron chi connectivity index (χ2n) is 9.45. The molecule has 1 unspecified atom stereocenters. The number of carbonyl (C=O) groups excluding carboxylic acids is 1. The number of hydrogen-bond donors (Lipinski definition) is 1.